The van der Waals surface area contributed by atoms with Gasteiger partial charge in [0.25, 0.3) is 0 Å². The van der Waals surface area contributed by atoms with Gasteiger partial charge in [-0.25, -0.2) is 0 Å². The SMILES string of the molecule is Ic1ccc(NC2CCN(c3ccncc3)CC2)cc1. The maximum Gasteiger partial charge on any atom is 0.0397 e. The number of nitrogens with one attached hydrogen (secondary N) is 1. The fourth-order valence-electron chi connectivity index (χ4n) is 2.62. The van der Waals surface area contributed by atoms with Gasteiger partial charge in [0.05, 0.1) is 0 Å². The molecule has 0 spiro atoms. The van der Waals surface area contributed by atoms with Crippen LogP contribution in [0.5, 0.6) is 0 Å². The Morgan fingerprint density at radius 2 is 1.65 bits per heavy atom. The van der Waals surface area contributed by atoms with E-state index in [0.717, 1.165) is 13.1 Å². The number of halogens is 1. The molecule has 1 aliphatic heterocycles. The molecule has 0 saturated carbocycles. The van der Waals surface area contributed by atoms with Gasteiger partial charge in [-0.1, -0.05) is 0 Å². The summed E-state index contributed by atoms with van der Waals surface area (Å²) in [6.07, 6.45) is 6.08. The smallest absolute Gasteiger partial charge is 0.0397 e. The molecule has 4 heteroatoms. The molecule has 1 saturated heterocycles. The van der Waals surface area contributed by atoms with E-state index >= 15 is 0 Å². The zero-order valence-electron chi connectivity index (χ0n) is 11.3. The van der Waals surface area contributed by atoms with Crippen LogP contribution >= 0.6 is 22.6 Å². The van der Waals surface area contributed by atoms with E-state index in [1.807, 2.05) is 12.4 Å². The first-order chi connectivity index (χ1) is 9.81. The van der Waals surface area contributed by atoms with Crippen molar-refractivity contribution in [2.24, 2.45) is 0 Å². The number of hydrogen-bond donors (Lipinski definition) is 1. The van der Waals surface area contributed by atoms with Crippen molar-refractivity contribution in [1.29, 1.82) is 0 Å². The lowest BCUT2D eigenvalue weighted by Crippen LogP contribution is -2.39. The molecule has 0 amide bonds. The molecule has 20 heavy (non-hydrogen) atoms. The van der Waals surface area contributed by atoms with Crippen LogP contribution in [0, 0.1) is 3.57 Å². The van der Waals surface area contributed by atoms with Gasteiger partial charge in [0.2, 0.25) is 0 Å². The average molecular weight is 379 g/mol. The number of rotatable bonds is 3. The summed E-state index contributed by atoms with van der Waals surface area (Å²) in [5.41, 5.74) is 2.51. The monoisotopic (exact) mass is 379 g/mol. The first kappa shape index (κ1) is 13.7. The highest BCUT2D eigenvalue weighted by molar-refractivity contribution is 14.1. The van der Waals surface area contributed by atoms with E-state index in [1.54, 1.807) is 0 Å². The Balaban J connectivity index is 1.55. The molecule has 1 aromatic carbocycles. The van der Waals surface area contributed by atoms with Gasteiger partial charge in [-0.3, -0.25) is 4.98 Å². The van der Waals surface area contributed by atoms with Gasteiger partial charge >= 0.3 is 0 Å². The van der Waals surface area contributed by atoms with E-state index in [2.05, 4.69) is 74.2 Å². The minimum absolute atomic E-state index is 0.577. The summed E-state index contributed by atoms with van der Waals surface area (Å²) in [5.74, 6) is 0. The molecule has 2 aromatic rings. The Kier molecular flexibility index (Phi) is 4.40. The molecule has 3 rings (SSSR count). The Morgan fingerprint density at radius 1 is 1.00 bits per heavy atom. The van der Waals surface area contributed by atoms with Crippen molar-refractivity contribution in [3.63, 3.8) is 0 Å². The van der Waals surface area contributed by atoms with E-state index < -0.39 is 0 Å². The topological polar surface area (TPSA) is 28.2 Å². The summed E-state index contributed by atoms with van der Waals surface area (Å²) in [6, 6.07) is 13.4. The summed E-state index contributed by atoms with van der Waals surface area (Å²) >= 11 is 2.34. The molecule has 1 aliphatic rings. The van der Waals surface area contributed by atoms with Crippen molar-refractivity contribution in [3.05, 3.63) is 52.4 Å². The molecular formula is C16H18IN3. The predicted octanol–water partition coefficient (Wildman–Crippen LogP) is 3.77. The molecular weight excluding hydrogens is 361 g/mol. The van der Waals surface area contributed by atoms with Crippen molar-refractivity contribution in [2.75, 3.05) is 23.3 Å². The number of pyridine rings is 1. The van der Waals surface area contributed by atoms with Gasteiger partial charge in [-0.2, -0.15) is 0 Å². The molecule has 0 bridgehead atoms. The first-order valence-corrected chi connectivity index (χ1v) is 8.06. The number of hydrogen-bond acceptors (Lipinski definition) is 3. The molecule has 1 fully saturated rings. The van der Waals surface area contributed by atoms with E-state index in [4.69, 9.17) is 0 Å². The van der Waals surface area contributed by atoms with Crippen molar-refractivity contribution in [1.82, 2.24) is 4.98 Å². The number of piperidine rings is 1. The average Bonchev–Trinajstić information content (AvgIpc) is 2.51. The normalized spacial score (nSPS) is 16.1. The highest BCUT2D eigenvalue weighted by atomic mass is 127. The molecule has 2 heterocycles. The summed E-state index contributed by atoms with van der Waals surface area (Å²) in [7, 11) is 0. The van der Waals surface area contributed by atoms with E-state index in [1.165, 1.54) is 27.8 Å². The van der Waals surface area contributed by atoms with Crippen LogP contribution in [-0.4, -0.2) is 24.1 Å². The van der Waals surface area contributed by atoms with E-state index in [0.29, 0.717) is 6.04 Å². The molecule has 3 nitrogen and oxygen atoms in total. The lowest BCUT2D eigenvalue weighted by atomic mass is 10.0. The summed E-state index contributed by atoms with van der Waals surface area (Å²) < 4.78 is 1.28. The van der Waals surface area contributed by atoms with E-state index in [-0.39, 0.29) is 0 Å². The highest BCUT2D eigenvalue weighted by Crippen LogP contribution is 2.21. The van der Waals surface area contributed by atoms with Gasteiger partial charge in [0.15, 0.2) is 0 Å². The third kappa shape index (κ3) is 3.42. The summed E-state index contributed by atoms with van der Waals surface area (Å²) in [6.45, 7) is 2.21. The lowest BCUT2D eigenvalue weighted by Gasteiger charge is -2.34. The fraction of sp³-hybridized carbons (Fsp3) is 0.312. The maximum atomic E-state index is 4.08. The Morgan fingerprint density at radius 3 is 2.30 bits per heavy atom. The molecule has 1 aromatic heterocycles. The van der Waals surface area contributed by atoms with Crippen molar-refractivity contribution in [3.8, 4) is 0 Å². The van der Waals surface area contributed by atoms with Crippen LogP contribution < -0.4 is 10.2 Å². The second kappa shape index (κ2) is 6.43. The Labute approximate surface area is 133 Å². The highest BCUT2D eigenvalue weighted by Gasteiger charge is 2.19. The number of anilines is 2. The second-order valence-corrected chi connectivity index (χ2v) is 6.36. The minimum atomic E-state index is 0.577. The number of benzene rings is 1. The van der Waals surface area contributed by atoms with Crippen LogP contribution in [0.1, 0.15) is 12.8 Å². The standard InChI is InChI=1S/C16H18IN3/c17-13-1-3-14(4-2-13)19-15-7-11-20(12-8-15)16-5-9-18-10-6-16/h1-6,9-10,15,19H,7-8,11-12H2. The minimum Gasteiger partial charge on any atom is -0.382 e. The summed E-state index contributed by atoms with van der Waals surface area (Å²) in [5, 5.41) is 3.64. The van der Waals surface area contributed by atoms with Crippen LogP contribution in [-0.2, 0) is 0 Å². The van der Waals surface area contributed by atoms with Crippen molar-refractivity contribution in [2.45, 2.75) is 18.9 Å². The van der Waals surface area contributed by atoms with Gasteiger partial charge in [-0.15, -0.1) is 0 Å². The van der Waals surface area contributed by atoms with E-state index in [9.17, 15) is 0 Å². The van der Waals surface area contributed by atoms with Crippen LogP contribution in [0.2, 0.25) is 0 Å². The molecule has 0 radical (unpaired) electrons. The molecule has 0 atom stereocenters. The zero-order valence-corrected chi connectivity index (χ0v) is 13.5. The number of nitrogens with zero attached hydrogens (tertiary/aromatic N) is 2. The Hall–Kier alpha value is -1.30. The third-order valence-corrected chi connectivity index (χ3v) is 4.46. The van der Waals surface area contributed by atoms with Gasteiger partial charge in [0, 0.05) is 46.5 Å². The maximum absolute atomic E-state index is 4.08. The predicted molar refractivity (Wildman–Crippen MR) is 92.3 cm³/mol. The molecule has 1 N–H and O–H groups in total. The van der Waals surface area contributed by atoms with Crippen LogP contribution in [0.4, 0.5) is 11.4 Å². The van der Waals surface area contributed by atoms with Crippen molar-refractivity contribution >= 4 is 34.0 Å². The molecule has 0 aliphatic carbocycles. The third-order valence-electron chi connectivity index (χ3n) is 3.74. The summed E-state index contributed by atoms with van der Waals surface area (Å²) in [4.78, 5) is 6.52. The Bertz CT molecular complexity index is 533. The van der Waals surface area contributed by atoms with Crippen LogP contribution in [0.25, 0.3) is 0 Å². The van der Waals surface area contributed by atoms with Crippen molar-refractivity contribution < 1.29 is 0 Å². The quantitative estimate of drug-likeness (QED) is 0.824. The largest absolute Gasteiger partial charge is 0.382 e. The first-order valence-electron chi connectivity index (χ1n) is 6.98. The number of aromatic nitrogens is 1. The molecule has 104 valence electrons. The van der Waals surface area contributed by atoms with Gasteiger partial charge in [-0.05, 0) is 71.8 Å². The second-order valence-electron chi connectivity index (χ2n) is 5.12. The lowest BCUT2D eigenvalue weighted by molar-refractivity contribution is 0.526. The van der Waals surface area contributed by atoms with Gasteiger partial charge in [0.1, 0.15) is 0 Å². The van der Waals surface area contributed by atoms with Crippen LogP contribution in [0.15, 0.2) is 48.8 Å². The molecule has 0 unspecified atom stereocenters. The van der Waals surface area contributed by atoms with Crippen LogP contribution in [0.3, 0.4) is 0 Å². The fourth-order valence-corrected chi connectivity index (χ4v) is 2.98. The van der Waals surface area contributed by atoms with Gasteiger partial charge < -0.3 is 10.2 Å². The zero-order chi connectivity index (χ0) is 13.8.